The maximum absolute atomic E-state index is 13.0. The van der Waals surface area contributed by atoms with E-state index < -0.39 is 0 Å². The van der Waals surface area contributed by atoms with Gasteiger partial charge in [-0.3, -0.25) is 9.89 Å². The third-order valence-electron chi connectivity index (χ3n) is 4.11. The average molecular weight is 446 g/mol. The first kappa shape index (κ1) is 17.8. The molecule has 136 valence electrons. The van der Waals surface area contributed by atoms with E-state index in [9.17, 15) is 4.79 Å². The van der Waals surface area contributed by atoms with Crippen molar-refractivity contribution in [2.75, 3.05) is 0 Å². The predicted molar refractivity (Wildman–Crippen MR) is 108 cm³/mol. The number of pyridine rings is 2. The van der Waals surface area contributed by atoms with Gasteiger partial charge >= 0.3 is 0 Å². The minimum atomic E-state index is -0.238. The van der Waals surface area contributed by atoms with Crippen molar-refractivity contribution in [2.45, 2.75) is 13.5 Å². The Balaban J connectivity index is 1.71. The minimum Gasteiger partial charge on any atom is -0.451 e. The lowest BCUT2D eigenvalue weighted by Crippen LogP contribution is -2.22. The molecule has 4 rings (SSSR count). The van der Waals surface area contributed by atoms with Gasteiger partial charge in [0.05, 0.1) is 12.2 Å². The molecule has 0 radical (unpaired) electrons. The van der Waals surface area contributed by atoms with Crippen molar-refractivity contribution in [1.29, 1.82) is 0 Å². The first-order valence-corrected chi connectivity index (χ1v) is 9.30. The molecule has 6 nitrogen and oxygen atoms in total. The van der Waals surface area contributed by atoms with Crippen molar-refractivity contribution in [2.24, 2.45) is 0 Å². The molecule has 0 spiro atoms. The van der Waals surface area contributed by atoms with Gasteiger partial charge < -0.3 is 9.30 Å². The van der Waals surface area contributed by atoms with Crippen LogP contribution >= 0.6 is 27.5 Å². The highest BCUT2D eigenvalue weighted by atomic mass is 79.9. The molecule has 0 unspecified atom stereocenters. The number of hydrogen-bond donors (Lipinski definition) is 1. The number of hydrogen-bond acceptors (Lipinski definition) is 4. The standard InChI is InChI=1S/C19H14BrClN4O2/c1-11-4-6-25(10-16-15-3-2-5-22-18(15)24-23-16)19(26)17(11)27-14-8-12(20)7-13(21)9-14/h2-9H,10H2,1H3,(H,22,23,24). The van der Waals surface area contributed by atoms with Gasteiger partial charge in [-0.05, 0) is 48.9 Å². The van der Waals surface area contributed by atoms with Crippen molar-refractivity contribution < 1.29 is 4.74 Å². The van der Waals surface area contributed by atoms with E-state index in [0.717, 1.165) is 21.1 Å². The number of ether oxygens (including phenoxy) is 1. The molecule has 3 aromatic heterocycles. The zero-order valence-electron chi connectivity index (χ0n) is 14.2. The highest BCUT2D eigenvalue weighted by Gasteiger charge is 2.13. The number of fused-ring (bicyclic) bond motifs is 1. The maximum Gasteiger partial charge on any atom is 0.294 e. The molecule has 0 amide bonds. The van der Waals surface area contributed by atoms with Crippen molar-refractivity contribution >= 4 is 38.6 Å². The van der Waals surface area contributed by atoms with Crippen LogP contribution in [0.5, 0.6) is 11.5 Å². The van der Waals surface area contributed by atoms with Crippen LogP contribution in [0.15, 0.2) is 58.1 Å². The van der Waals surface area contributed by atoms with E-state index in [-0.39, 0.29) is 11.3 Å². The minimum absolute atomic E-state index is 0.238. The van der Waals surface area contributed by atoms with Gasteiger partial charge in [0, 0.05) is 27.3 Å². The summed E-state index contributed by atoms with van der Waals surface area (Å²) in [6.07, 6.45) is 3.42. The number of H-pyrrole nitrogens is 1. The fourth-order valence-electron chi connectivity index (χ4n) is 2.79. The molecule has 0 aliphatic heterocycles. The molecule has 0 fully saturated rings. The lowest BCUT2D eigenvalue weighted by atomic mass is 10.2. The summed E-state index contributed by atoms with van der Waals surface area (Å²) in [5.41, 5.74) is 1.93. The van der Waals surface area contributed by atoms with Gasteiger partial charge in [-0.25, -0.2) is 4.98 Å². The Morgan fingerprint density at radius 3 is 2.96 bits per heavy atom. The quantitative estimate of drug-likeness (QED) is 0.495. The molecule has 1 N–H and O–H groups in total. The number of rotatable bonds is 4. The highest BCUT2D eigenvalue weighted by molar-refractivity contribution is 9.10. The fraction of sp³-hybridized carbons (Fsp3) is 0.105. The summed E-state index contributed by atoms with van der Waals surface area (Å²) >= 11 is 9.44. The van der Waals surface area contributed by atoms with E-state index in [1.807, 2.05) is 25.1 Å². The van der Waals surface area contributed by atoms with Crippen LogP contribution in [0.25, 0.3) is 11.0 Å². The molecule has 0 saturated carbocycles. The van der Waals surface area contributed by atoms with Gasteiger partial charge in [0.1, 0.15) is 5.75 Å². The Labute approximate surface area is 167 Å². The molecule has 4 aromatic rings. The second kappa shape index (κ2) is 7.17. The summed E-state index contributed by atoms with van der Waals surface area (Å²) in [5, 5.41) is 8.52. The summed E-state index contributed by atoms with van der Waals surface area (Å²) in [5.74, 6) is 0.747. The molecule has 0 aliphatic rings. The monoisotopic (exact) mass is 444 g/mol. The van der Waals surface area contributed by atoms with Gasteiger partial charge in [0.25, 0.3) is 5.56 Å². The molecule has 0 atom stereocenters. The van der Waals surface area contributed by atoms with E-state index in [1.165, 1.54) is 0 Å². The largest absolute Gasteiger partial charge is 0.451 e. The van der Waals surface area contributed by atoms with Crippen molar-refractivity contribution in [3.63, 3.8) is 0 Å². The van der Waals surface area contributed by atoms with E-state index in [2.05, 4.69) is 31.1 Å². The summed E-state index contributed by atoms with van der Waals surface area (Å²) in [6.45, 7) is 2.16. The van der Waals surface area contributed by atoms with Crippen molar-refractivity contribution in [3.8, 4) is 11.5 Å². The summed E-state index contributed by atoms with van der Waals surface area (Å²) in [7, 11) is 0. The van der Waals surface area contributed by atoms with Gasteiger partial charge in [-0.15, -0.1) is 0 Å². The third-order valence-corrected chi connectivity index (χ3v) is 4.79. The first-order chi connectivity index (χ1) is 13.0. The zero-order chi connectivity index (χ0) is 19.0. The number of aryl methyl sites for hydroxylation is 1. The lowest BCUT2D eigenvalue weighted by molar-refractivity contribution is 0.463. The van der Waals surface area contributed by atoms with Gasteiger partial charge in [0.15, 0.2) is 11.4 Å². The van der Waals surface area contributed by atoms with Gasteiger partial charge in [-0.2, -0.15) is 5.10 Å². The van der Waals surface area contributed by atoms with Crippen LogP contribution in [-0.4, -0.2) is 19.7 Å². The molecule has 3 heterocycles. The Morgan fingerprint density at radius 2 is 2.15 bits per heavy atom. The first-order valence-electron chi connectivity index (χ1n) is 8.13. The van der Waals surface area contributed by atoms with Gasteiger partial charge in [0.2, 0.25) is 0 Å². The molecule has 27 heavy (non-hydrogen) atoms. The number of nitrogens with zero attached hydrogens (tertiary/aromatic N) is 3. The second-order valence-corrected chi connectivity index (χ2v) is 7.40. The van der Waals surface area contributed by atoms with E-state index in [4.69, 9.17) is 16.3 Å². The van der Waals surface area contributed by atoms with Crippen molar-refractivity contribution in [1.82, 2.24) is 19.7 Å². The molecule has 1 aromatic carbocycles. The maximum atomic E-state index is 13.0. The number of nitrogens with one attached hydrogen (secondary N) is 1. The van der Waals surface area contributed by atoms with Crippen molar-refractivity contribution in [3.05, 3.63) is 79.9 Å². The molecular formula is C19H14BrClN4O2. The van der Waals surface area contributed by atoms with Crippen LogP contribution in [0.3, 0.4) is 0 Å². The van der Waals surface area contributed by atoms with E-state index in [0.29, 0.717) is 23.0 Å². The van der Waals surface area contributed by atoms with E-state index in [1.54, 1.807) is 35.2 Å². The SMILES string of the molecule is Cc1ccn(Cc2[nH]nc3ncccc23)c(=O)c1Oc1cc(Cl)cc(Br)c1. The van der Waals surface area contributed by atoms with Crippen LogP contribution < -0.4 is 10.3 Å². The topological polar surface area (TPSA) is 72.8 Å². The summed E-state index contributed by atoms with van der Waals surface area (Å²) in [6, 6.07) is 10.8. The number of aromatic amines is 1. The molecule has 0 saturated heterocycles. The van der Waals surface area contributed by atoms with Gasteiger partial charge in [-0.1, -0.05) is 27.5 Å². The normalized spacial score (nSPS) is 11.1. The number of halogens is 2. The highest BCUT2D eigenvalue weighted by Crippen LogP contribution is 2.28. The smallest absolute Gasteiger partial charge is 0.294 e. The van der Waals surface area contributed by atoms with Crippen LogP contribution in [0, 0.1) is 6.92 Å². The molecule has 0 aliphatic carbocycles. The van der Waals surface area contributed by atoms with Crippen LogP contribution in [0.1, 0.15) is 11.3 Å². The van der Waals surface area contributed by atoms with Crippen LogP contribution in [0.4, 0.5) is 0 Å². The molecule has 8 heteroatoms. The lowest BCUT2D eigenvalue weighted by Gasteiger charge is -2.12. The third kappa shape index (κ3) is 3.61. The zero-order valence-corrected chi connectivity index (χ0v) is 16.6. The summed E-state index contributed by atoms with van der Waals surface area (Å²) < 4.78 is 8.21. The van der Waals surface area contributed by atoms with Crippen LogP contribution in [0.2, 0.25) is 5.02 Å². The number of benzene rings is 1. The Bertz CT molecular complexity index is 1180. The second-order valence-electron chi connectivity index (χ2n) is 6.04. The van der Waals surface area contributed by atoms with Crippen LogP contribution in [-0.2, 0) is 6.54 Å². The average Bonchev–Trinajstić information content (AvgIpc) is 3.03. The molecule has 0 bridgehead atoms. The van der Waals surface area contributed by atoms with E-state index >= 15 is 0 Å². The predicted octanol–water partition coefficient (Wildman–Crippen LogP) is 4.68. The molecular weight excluding hydrogens is 432 g/mol. The fourth-order valence-corrected chi connectivity index (χ4v) is 3.62. The Morgan fingerprint density at radius 1 is 1.30 bits per heavy atom. The Hall–Kier alpha value is -2.64. The summed E-state index contributed by atoms with van der Waals surface area (Å²) in [4.78, 5) is 17.2. The number of aromatic nitrogens is 4. The Kier molecular flexibility index (Phi) is 4.72.